The molecule has 1 aromatic heterocycles. The summed E-state index contributed by atoms with van der Waals surface area (Å²) in [5.74, 6) is 2.22. The summed E-state index contributed by atoms with van der Waals surface area (Å²) in [5.41, 5.74) is 7.04. The summed E-state index contributed by atoms with van der Waals surface area (Å²) < 4.78 is 5.44. The maximum Gasteiger partial charge on any atom is 0.145 e. The average molecular weight is 341 g/mol. The van der Waals surface area contributed by atoms with E-state index in [0.29, 0.717) is 5.82 Å². The first kappa shape index (κ1) is 16.7. The lowest BCUT2D eigenvalue weighted by atomic mass is 9.96. The summed E-state index contributed by atoms with van der Waals surface area (Å²) in [5, 5.41) is 0.940. The van der Waals surface area contributed by atoms with E-state index in [4.69, 9.17) is 10.5 Å². The third kappa shape index (κ3) is 4.08. The maximum absolute atomic E-state index is 6.10. The Kier molecular flexibility index (Phi) is 5.10. The fraction of sp³-hybridized carbons (Fsp3) is 0.579. The molecule has 2 N–H and O–H groups in total. The second-order valence-electron chi connectivity index (χ2n) is 7.17. The minimum absolute atomic E-state index is 0.586. The van der Waals surface area contributed by atoms with Crippen LogP contribution in [0.1, 0.15) is 18.7 Å². The van der Waals surface area contributed by atoms with Crippen molar-refractivity contribution >= 4 is 16.7 Å². The van der Waals surface area contributed by atoms with Gasteiger partial charge in [-0.1, -0.05) is 12.1 Å². The van der Waals surface area contributed by atoms with Crippen LogP contribution < -0.4 is 5.73 Å². The quantitative estimate of drug-likeness (QED) is 0.914. The van der Waals surface area contributed by atoms with Gasteiger partial charge in [0.15, 0.2) is 0 Å². The number of ether oxygens (including phenoxy) is 1. The lowest BCUT2D eigenvalue weighted by molar-refractivity contribution is 0.0241. The maximum atomic E-state index is 6.10. The van der Waals surface area contributed by atoms with E-state index >= 15 is 0 Å². The molecule has 0 bridgehead atoms. The summed E-state index contributed by atoms with van der Waals surface area (Å²) >= 11 is 0. The predicted octanol–water partition coefficient (Wildman–Crippen LogP) is 1.76. The smallest absolute Gasteiger partial charge is 0.145 e. The van der Waals surface area contributed by atoms with Crippen LogP contribution in [0.3, 0.4) is 0 Å². The van der Waals surface area contributed by atoms with Crippen LogP contribution in [-0.4, -0.2) is 65.7 Å². The number of benzene rings is 1. The Morgan fingerprint density at radius 3 is 2.56 bits per heavy atom. The van der Waals surface area contributed by atoms with Gasteiger partial charge in [-0.2, -0.15) is 0 Å². The molecule has 0 amide bonds. The van der Waals surface area contributed by atoms with E-state index in [0.717, 1.165) is 68.6 Å². The zero-order valence-electron chi connectivity index (χ0n) is 14.7. The molecule has 0 saturated carbocycles. The summed E-state index contributed by atoms with van der Waals surface area (Å²) in [6.45, 7) is 8.19. The number of hydrogen-bond donors (Lipinski definition) is 1. The highest BCUT2D eigenvalue weighted by Crippen LogP contribution is 2.22. The lowest BCUT2D eigenvalue weighted by Crippen LogP contribution is -2.42. The number of rotatable bonds is 4. The van der Waals surface area contributed by atoms with Gasteiger partial charge in [-0.25, -0.2) is 9.97 Å². The van der Waals surface area contributed by atoms with E-state index in [-0.39, 0.29) is 0 Å². The first-order chi connectivity index (χ1) is 12.3. The molecule has 0 unspecified atom stereocenters. The molecule has 2 aromatic rings. The normalized spacial score (nSPS) is 21.0. The van der Waals surface area contributed by atoms with Gasteiger partial charge in [0, 0.05) is 25.0 Å². The number of anilines is 1. The van der Waals surface area contributed by atoms with Crippen molar-refractivity contribution in [3.8, 4) is 0 Å². The number of aromatic nitrogens is 2. The number of nitrogen functional groups attached to an aromatic ring is 1. The molecule has 2 fully saturated rings. The highest BCUT2D eigenvalue weighted by molar-refractivity contribution is 5.87. The number of morpholine rings is 1. The molecule has 6 heteroatoms. The minimum Gasteiger partial charge on any atom is -0.383 e. The average Bonchev–Trinajstić information content (AvgIpc) is 2.64. The van der Waals surface area contributed by atoms with Crippen molar-refractivity contribution in [2.24, 2.45) is 5.92 Å². The first-order valence-corrected chi connectivity index (χ1v) is 9.31. The second kappa shape index (κ2) is 7.64. The van der Waals surface area contributed by atoms with Crippen molar-refractivity contribution in [3.05, 3.63) is 30.1 Å². The Morgan fingerprint density at radius 1 is 1.00 bits per heavy atom. The number of fused-ring (bicyclic) bond motifs is 1. The Balaban J connectivity index is 1.32. The van der Waals surface area contributed by atoms with Gasteiger partial charge in [-0.15, -0.1) is 0 Å². The van der Waals surface area contributed by atoms with Gasteiger partial charge in [0.25, 0.3) is 0 Å². The van der Waals surface area contributed by atoms with E-state index in [2.05, 4.69) is 19.8 Å². The van der Waals surface area contributed by atoms with Crippen molar-refractivity contribution in [1.82, 2.24) is 19.8 Å². The Bertz CT molecular complexity index is 708. The van der Waals surface area contributed by atoms with Gasteiger partial charge in [0.05, 0.1) is 25.3 Å². The SMILES string of the molecule is Nc1nc(CN2CCC(CN3CCOCC3)CC2)nc2ccccc12. The molecule has 2 saturated heterocycles. The van der Waals surface area contributed by atoms with Crippen LogP contribution in [0.4, 0.5) is 5.82 Å². The van der Waals surface area contributed by atoms with Gasteiger partial charge in [0.2, 0.25) is 0 Å². The zero-order chi connectivity index (χ0) is 17.1. The molecule has 2 aliphatic rings. The number of hydrogen-bond acceptors (Lipinski definition) is 6. The monoisotopic (exact) mass is 341 g/mol. The summed E-state index contributed by atoms with van der Waals surface area (Å²) in [4.78, 5) is 14.2. The lowest BCUT2D eigenvalue weighted by Gasteiger charge is -2.35. The van der Waals surface area contributed by atoms with Crippen LogP contribution in [0.15, 0.2) is 24.3 Å². The fourth-order valence-corrected chi connectivity index (χ4v) is 3.90. The van der Waals surface area contributed by atoms with Crippen LogP contribution in [0.25, 0.3) is 10.9 Å². The Hall–Kier alpha value is -1.76. The van der Waals surface area contributed by atoms with Crippen LogP contribution in [0.5, 0.6) is 0 Å². The third-order valence-electron chi connectivity index (χ3n) is 5.37. The molecular weight excluding hydrogens is 314 g/mol. The molecule has 0 radical (unpaired) electrons. The number of piperidine rings is 1. The first-order valence-electron chi connectivity index (χ1n) is 9.31. The third-order valence-corrected chi connectivity index (χ3v) is 5.37. The van der Waals surface area contributed by atoms with E-state index in [1.165, 1.54) is 19.4 Å². The molecule has 1 aromatic carbocycles. The molecular formula is C19H27N5O. The number of para-hydroxylation sites is 1. The van der Waals surface area contributed by atoms with Gasteiger partial charge in [-0.3, -0.25) is 9.80 Å². The molecule has 0 atom stereocenters. The number of nitrogens with zero attached hydrogens (tertiary/aromatic N) is 4. The Labute approximate surface area is 149 Å². The van der Waals surface area contributed by atoms with Crippen molar-refractivity contribution in [2.75, 3.05) is 51.7 Å². The fourth-order valence-electron chi connectivity index (χ4n) is 3.90. The molecule has 4 rings (SSSR count). The molecule has 3 heterocycles. The molecule has 25 heavy (non-hydrogen) atoms. The van der Waals surface area contributed by atoms with E-state index < -0.39 is 0 Å². The highest BCUT2D eigenvalue weighted by Gasteiger charge is 2.23. The molecule has 0 aliphatic carbocycles. The van der Waals surface area contributed by atoms with Crippen molar-refractivity contribution in [3.63, 3.8) is 0 Å². The van der Waals surface area contributed by atoms with E-state index in [1.807, 2.05) is 24.3 Å². The van der Waals surface area contributed by atoms with Crippen LogP contribution in [0, 0.1) is 5.92 Å². The number of likely N-dealkylation sites (tertiary alicyclic amines) is 1. The standard InChI is InChI=1S/C19H27N5O/c20-19-16-3-1-2-4-17(16)21-18(22-19)14-23-7-5-15(6-8-23)13-24-9-11-25-12-10-24/h1-4,15H,5-14H2,(H2,20,21,22). The van der Waals surface area contributed by atoms with Crippen LogP contribution >= 0.6 is 0 Å². The van der Waals surface area contributed by atoms with Gasteiger partial charge >= 0.3 is 0 Å². The molecule has 0 spiro atoms. The molecule has 134 valence electrons. The zero-order valence-corrected chi connectivity index (χ0v) is 14.7. The van der Waals surface area contributed by atoms with Crippen LogP contribution in [0.2, 0.25) is 0 Å². The second-order valence-corrected chi connectivity index (χ2v) is 7.17. The van der Waals surface area contributed by atoms with Crippen molar-refractivity contribution < 1.29 is 4.74 Å². The molecule has 6 nitrogen and oxygen atoms in total. The van der Waals surface area contributed by atoms with Gasteiger partial charge in [0.1, 0.15) is 11.6 Å². The van der Waals surface area contributed by atoms with Gasteiger partial charge in [-0.05, 0) is 44.0 Å². The molecule has 2 aliphatic heterocycles. The minimum atomic E-state index is 0.586. The largest absolute Gasteiger partial charge is 0.383 e. The summed E-state index contributed by atoms with van der Waals surface area (Å²) in [6.07, 6.45) is 2.50. The summed E-state index contributed by atoms with van der Waals surface area (Å²) in [7, 11) is 0. The van der Waals surface area contributed by atoms with Crippen molar-refractivity contribution in [1.29, 1.82) is 0 Å². The van der Waals surface area contributed by atoms with Crippen LogP contribution in [-0.2, 0) is 11.3 Å². The summed E-state index contributed by atoms with van der Waals surface area (Å²) in [6, 6.07) is 7.95. The predicted molar refractivity (Wildman–Crippen MR) is 99.2 cm³/mol. The highest BCUT2D eigenvalue weighted by atomic mass is 16.5. The Morgan fingerprint density at radius 2 is 1.76 bits per heavy atom. The van der Waals surface area contributed by atoms with E-state index in [1.54, 1.807) is 0 Å². The van der Waals surface area contributed by atoms with Gasteiger partial charge < -0.3 is 10.5 Å². The van der Waals surface area contributed by atoms with Crippen molar-refractivity contribution in [2.45, 2.75) is 19.4 Å². The van der Waals surface area contributed by atoms with E-state index in [9.17, 15) is 0 Å². The number of nitrogens with two attached hydrogens (primary N) is 1. The topological polar surface area (TPSA) is 67.5 Å².